The Kier molecular flexibility index (Phi) is 3.55. The fourth-order valence-electron chi connectivity index (χ4n) is 1.93. The van der Waals surface area contributed by atoms with Crippen molar-refractivity contribution < 1.29 is 4.74 Å². The maximum absolute atomic E-state index is 5.91. The number of nitrogens with two attached hydrogens (primary N) is 1. The molecule has 0 aliphatic carbocycles. The molecule has 0 radical (unpaired) electrons. The molecule has 2 heterocycles. The molecule has 0 unspecified atom stereocenters. The van der Waals surface area contributed by atoms with Crippen LogP contribution in [0, 0.1) is 13.8 Å². The summed E-state index contributed by atoms with van der Waals surface area (Å²) in [6.07, 6.45) is 1.42. The second-order valence-corrected chi connectivity index (χ2v) is 4.27. The van der Waals surface area contributed by atoms with Crippen LogP contribution in [0.5, 0.6) is 5.88 Å². The van der Waals surface area contributed by atoms with Crippen molar-refractivity contribution in [3.63, 3.8) is 0 Å². The number of ether oxygens (including phenoxy) is 1. The van der Waals surface area contributed by atoms with Gasteiger partial charge in [-0.2, -0.15) is 10.1 Å². The molecular weight excluding hydrogens is 244 g/mol. The number of hydrogen-bond donors (Lipinski definition) is 2. The van der Waals surface area contributed by atoms with Gasteiger partial charge >= 0.3 is 0 Å². The van der Waals surface area contributed by atoms with Crippen molar-refractivity contribution in [2.45, 2.75) is 20.4 Å². The van der Waals surface area contributed by atoms with Gasteiger partial charge in [0.25, 0.3) is 0 Å². The second-order valence-electron chi connectivity index (χ2n) is 4.27. The molecule has 2 aromatic rings. The monoisotopic (exact) mass is 262 g/mol. The zero-order valence-corrected chi connectivity index (χ0v) is 11.6. The minimum absolute atomic E-state index is 0.372. The van der Waals surface area contributed by atoms with Gasteiger partial charge in [0.15, 0.2) is 5.82 Å². The van der Waals surface area contributed by atoms with E-state index in [0.29, 0.717) is 23.9 Å². The van der Waals surface area contributed by atoms with Gasteiger partial charge in [-0.3, -0.25) is 4.68 Å². The highest BCUT2D eigenvalue weighted by Crippen LogP contribution is 2.25. The Morgan fingerprint density at radius 1 is 1.37 bits per heavy atom. The molecule has 0 aliphatic rings. The van der Waals surface area contributed by atoms with Crippen molar-refractivity contribution in [1.29, 1.82) is 0 Å². The molecule has 0 aliphatic heterocycles. The topological polar surface area (TPSA) is 90.9 Å². The summed E-state index contributed by atoms with van der Waals surface area (Å²) in [5, 5.41) is 7.56. The van der Waals surface area contributed by atoms with Crippen LogP contribution in [0.1, 0.15) is 17.0 Å². The molecule has 7 nitrogen and oxygen atoms in total. The first-order chi connectivity index (χ1) is 9.04. The third-order valence-electron chi connectivity index (χ3n) is 3.13. The zero-order valence-electron chi connectivity index (χ0n) is 11.6. The maximum Gasteiger partial charge on any atom is 0.242 e. The Morgan fingerprint density at radius 2 is 2.11 bits per heavy atom. The van der Waals surface area contributed by atoms with E-state index in [-0.39, 0.29) is 0 Å². The zero-order chi connectivity index (χ0) is 14.0. The van der Waals surface area contributed by atoms with Gasteiger partial charge in [0, 0.05) is 24.8 Å². The normalized spacial score (nSPS) is 10.5. The SMILES string of the molecule is COc1ncnc(NCc2c(C)nn(C)c2C)c1N. The first-order valence-corrected chi connectivity index (χ1v) is 5.92. The quantitative estimate of drug-likeness (QED) is 0.855. The summed E-state index contributed by atoms with van der Waals surface area (Å²) >= 11 is 0. The minimum atomic E-state index is 0.372. The number of hydrogen-bond acceptors (Lipinski definition) is 6. The molecule has 19 heavy (non-hydrogen) atoms. The van der Waals surface area contributed by atoms with E-state index in [0.717, 1.165) is 17.0 Å². The van der Waals surface area contributed by atoms with E-state index in [1.165, 1.54) is 13.4 Å². The summed E-state index contributed by atoms with van der Waals surface area (Å²) in [7, 11) is 3.45. The van der Waals surface area contributed by atoms with Crippen molar-refractivity contribution in [2.24, 2.45) is 7.05 Å². The number of rotatable bonds is 4. The molecule has 7 heteroatoms. The summed E-state index contributed by atoms with van der Waals surface area (Å²) in [4.78, 5) is 8.05. The lowest BCUT2D eigenvalue weighted by Gasteiger charge is -2.10. The first kappa shape index (κ1) is 13.1. The van der Waals surface area contributed by atoms with Gasteiger partial charge in [0.05, 0.1) is 12.8 Å². The Balaban J connectivity index is 2.19. The van der Waals surface area contributed by atoms with Crippen LogP contribution in [0.3, 0.4) is 0 Å². The standard InChI is InChI=1S/C12H18N6O/c1-7-9(8(2)18(3)17-7)5-14-11-10(13)12(19-4)16-6-15-11/h6H,5,13H2,1-4H3,(H,14,15,16). The lowest BCUT2D eigenvalue weighted by molar-refractivity contribution is 0.399. The largest absolute Gasteiger partial charge is 0.479 e. The van der Waals surface area contributed by atoms with Gasteiger partial charge in [0.1, 0.15) is 12.0 Å². The highest BCUT2D eigenvalue weighted by Gasteiger charge is 2.12. The van der Waals surface area contributed by atoms with Crippen molar-refractivity contribution in [2.75, 3.05) is 18.2 Å². The van der Waals surface area contributed by atoms with Crippen molar-refractivity contribution in [1.82, 2.24) is 19.7 Å². The molecule has 2 rings (SSSR count). The minimum Gasteiger partial charge on any atom is -0.479 e. The molecule has 0 aromatic carbocycles. The summed E-state index contributed by atoms with van der Waals surface area (Å²) in [5.41, 5.74) is 9.56. The van der Waals surface area contributed by atoms with Crippen LogP contribution in [-0.2, 0) is 13.6 Å². The molecule has 2 aromatic heterocycles. The molecule has 3 N–H and O–H groups in total. The van der Waals surface area contributed by atoms with E-state index in [1.54, 1.807) is 0 Å². The van der Waals surface area contributed by atoms with Crippen molar-refractivity contribution in [3.8, 4) is 5.88 Å². The molecule has 0 spiro atoms. The number of aryl methyl sites for hydroxylation is 2. The number of nitrogen functional groups attached to an aromatic ring is 1. The lowest BCUT2D eigenvalue weighted by atomic mass is 10.2. The van der Waals surface area contributed by atoms with Crippen LogP contribution >= 0.6 is 0 Å². The van der Waals surface area contributed by atoms with Gasteiger partial charge in [-0.15, -0.1) is 0 Å². The molecular formula is C12H18N6O. The molecule has 0 fully saturated rings. The second kappa shape index (κ2) is 5.13. The van der Waals surface area contributed by atoms with Crippen molar-refractivity contribution in [3.05, 3.63) is 23.3 Å². The van der Waals surface area contributed by atoms with Gasteiger partial charge < -0.3 is 15.8 Å². The van der Waals surface area contributed by atoms with E-state index in [4.69, 9.17) is 10.5 Å². The number of nitrogens with one attached hydrogen (secondary N) is 1. The van der Waals surface area contributed by atoms with Gasteiger partial charge in [-0.25, -0.2) is 4.98 Å². The predicted molar refractivity (Wildman–Crippen MR) is 73.0 cm³/mol. The Hall–Kier alpha value is -2.31. The average molecular weight is 262 g/mol. The Labute approximate surface area is 111 Å². The highest BCUT2D eigenvalue weighted by atomic mass is 16.5. The highest BCUT2D eigenvalue weighted by molar-refractivity contribution is 5.66. The molecule has 0 bridgehead atoms. The molecule has 0 amide bonds. The molecule has 0 atom stereocenters. The third kappa shape index (κ3) is 2.44. The number of aromatic nitrogens is 4. The van der Waals surface area contributed by atoms with E-state index in [1.807, 2.05) is 25.6 Å². The van der Waals surface area contributed by atoms with Crippen LogP contribution in [0.15, 0.2) is 6.33 Å². The molecule has 102 valence electrons. The first-order valence-electron chi connectivity index (χ1n) is 5.92. The van der Waals surface area contributed by atoms with Gasteiger partial charge in [-0.05, 0) is 13.8 Å². The van der Waals surface area contributed by atoms with E-state index in [2.05, 4.69) is 20.4 Å². The van der Waals surface area contributed by atoms with Crippen LogP contribution in [0.2, 0.25) is 0 Å². The van der Waals surface area contributed by atoms with Crippen LogP contribution in [0.25, 0.3) is 0 Å². The average Bonchev–Trinajstić information content (AvgIpc) is 2.63. The number of methoxy groups -OCH3 is 1. The van der Waals surface area contributed by atoms with E-state index < -0.39 is 0 Å². The lowest BCUT2D eigenvalue weighted by Crippen LogP contribution is -2.08. The summed E-state index contributed by atoms with van der Waals surface area (Å²) in [5.74, 6) is 0.937. The Morgan fingerprint density at radius 3 is 2.68 bits per heavy atom. The van der Waals surface area contributed by atoms with Crippen LogP contribution < -0.4 is 15.8 Å². The third-order valence-corrected chi connectivity index (χ3v) is 3.13. The van der Waals surface area contributed by atoms with E-state index in [9.17, 15) is 0 Å². The number of nitrogens with zero attached hydrogens (tertiary/aromatic N) is 4. The van der Waals surface area contributed by atoms with E-state index >= 15 is 0 Å². The summed E-state index contributed by atoms with van der Waals surface area (Å²) < 4.78 is 6.91. The number of anilines is 2. The maximum atomic E-state index is 5.91. The van der Waals surface area contributed by atoms with Crippen LogP contribution in [0.4, 0.5) is 11.5 Å². The fourth-order valence-corrected chi connectivity index (χ4v) is 1.93. The van der Waals surface area contributed by atoms with Gasteiger partial charge in [0.2, 0.25) is 5.88 Å². The van der Waals surface area contributed by atoms with Crippen LogP contribution in [-0.4, -0.2) is 26.9 Å². The van der Waals surface area contributed by atoms with Gasteiger partial charge in [-0.1, -0.05) is 0 Å². The summed E-state index contributed by atoms with van der Waals surface area (Å²) in [6.45, 7) is 4.62. The Bertz CT molecular complexity index is 592. The molecule has 0 saturated heterocycles. The summed E-state index contributed by atoms with van der Waals surface area (Å²) in [6, 6.07) is 0. The smallest absolute Gasteiger partial charge is 0.242 e. The van der Waals surface area contributed by atoms with Crippen molar-refractivity contribution >= 4 is 11.5 Å². The molecule has 0 saturated carbocycles. The fraction of sp³-hybridized carbons (Fsp3) is 0.417. The predicted octanol–water partition coefficient (Wildman–Crippen LogP) is 1.03.